The van der Waals surface area contributed by atoms with Gasteiger partial charge in [0.2, 0.25) is 0 Å². The van der Waals surface area contributed by atoms with E-state index in [1.165, 1.54) is 6.39 Å². The van der Waals surface area contributed by atoms with Crippen molar-refractivity contribution in [2.75, 3.05) is 40.0 Å². The van der Waals surface area contributed by atoms with E-state index in [9.17, 15) is 4.79 Å². The molecule has 1 amide bonds. The van der Waals surface area contributed by atoms with Crippen molar-refractivity contribution in [1.82, 2.24) is 15.6 Å². The third-order valence-electron chi connectivity index (χ3n) is 3.10. The number of amides is 1. The fourth-order valence-corrected chi connectivity index (χ4v) is 2.09. The molecule has 1 aromatic heterocycles. The molecule has 2 rings (SSSR count). The minimum Gasteiger partial charge on any atom is -0.445 e. The van der Waals surface area contributed by atoms with Crippen LogP contribution in [0.3, 0.4) is 0 Å². The van der Waals surface area contributed by atoms with E-state index in [2.05, 4.69) is 15.6 Å². The van der Waals surface area contributed by atoms with Crippen molar-refractivity contribution in [3.05, 3.63) is 17.8 Å². The number of hydrogen-bond donors (Lipinski definition) is 2. The van der Waals surface area contributed by atoms with Gasteiger partial charge in [-0.25, -0.2) is 4.98 Å². The van der Waals surface area contributed by atoms with E-state index >= 15 is 0 Å². The molecule has 0 aromatic carbocycles. The minimum absolute atomic E-state index is 0. The van der Waals surface area contributed by atoms with Gasteiger partial charge in [0.15, 0.2) is 17.8 Å². The summed E-state index contributed by atoms with van der Waals surface area (Å²) in [4.78, 5) is 16.0. The van der Waals surface area contributed by atoms with Crippen LogP contribution in [-0.4, -0.2) is 50.8 Å². The summed E-state index contributed by atoms with van der Waals surface area (Å²) in [6, 6.07) is 0. The molecule has 0 spiro atoms. The zero-order valence-electron chi connectivity index (χ0n) is 12.5. The van der Waals surface area contributed by atoms with Crippen molar-refractivity contribution in [1.29, 1.82) is 0 Å². The topological polar surface area (TPSA) is 85.6 Å². The predicted octanol–water partition coefficient (Wildman–Crippen LogP) is 1.34. The van der Waals surface area contributed by atoms with Crippen LogP contribution in [0.25, 0.3) is 0 Å². The quantitative estimate of drug-likeness (QED) is 0.684. The van der Waals surface area contributed by atoms with Gasteiger partial charge >= 0.3 is 0 Å². The number of ether oxygens (including phenoxy) is 2. The molecule has 0 bridgehead atoms. The SMILES string of the molecule is COCCNCCNC(=O)c1ncoc1C1CCCO1.Cl.Cl. The van der Waals surface area contributed by atoms with E-state index in [1.807, 2.05) is 0 Å². The lowest BCUT2D eigenvalue weighted by atomic mass is 10.1. The Hall–Kier alpha value is -0.860. The van der Waals surface area contributed by atoms with Crippen LogP contribution in [0.2, 0.25) is 0 Å². The fourth-order valence-electron chi connectivity index (χ4n) is 2.09. The molecular weight excluding hydrogens is 333 g/mol. The highest BCUT2D eigenvalue weighted by atomic mass is 35.5. The number of halogens is 2. The molecule has 2 heterocycles. The second-order valence-electron chi connectivity index (χ2n) is 4.57. The molecule has 1 saturated heterocycles. The Morgan fingerprint density at radius 1 is 1.41 bits per heavy atom. The van der Waals surface area contributed by atoms with Gasteiger partial charge < -0.3 is 24.5 Å². The molecule has 0 radical (unpaired) electrons. The van der Waals surface area contributed by atoms with E-state index in [0.29, 0.717) is 37.8 Å². The second-order valence-corrected chi connectivity index (χ2v) is 4.57. The van der Waals surface area contributed by atoms with E-state index in [-0.39, 0.29) is 36.8 Å². The first kappa shape index (κ1) is 21.1. The maximum Gasteiger partial charge on any atom is 0.273 e. The summed E-state index contributed by atoms with van der Waals surface area (Å²) in [5, 5.41) is 5.95. The maximum absolute atomic E-state index is 12.0. The van der Waals surface area contributed by atoms with Gasteiger partial charge in [-0.05, 0) is 12.8 Å². The van der Waals surface area contributed by atoms with Crippen LogP contribution in [0.1, 0.15) is 35.2 Å². The van der Waals surface area contributed by atoms with Crippen LogP contribution >= 0.6 is 24.8 Å². The van der Waals surface area contributed by atoms with Gasteiger partial charge in [-0.3, -0.25) is 4.79 Å². The van der Waals surface area contributed by atoms with Crippen LogP contribution in [-0.2, 0) is 9.47 Å². The summed E-state index contributed by atoms with van der Waals surface area (Å²) in [7, 11) is 1.65. The monoisotopic (exact) mass is 355 g/mol. The summed E-state index contributed by atoms with van der Waals surface area (Å²) in [5.41, 5.74) is 0.328. The zero-order valence-corrected chi connectivity index (χ0v) is 14.1. The van der Waals surface area contributed by atoms with Gasteiger partial charge in [0.05, 0.1) is 6.61 Å². The number of oxazole rings is 1. The summed E-state index contributed by atoms with van der Waals surface area (Å²) >= 11 is 0. The molecule has 9 heteroatoms. The first-order valence-corrected chi connectivity index (χ1v) is 6.85. The van der Waals surface area contributed by atoms with Crippen molar-refractivity contribution in [2.24, 2.45) is 0 Å². The highest BCUT2D eigenvalue weighted by Crippen LogP contribution is 2.30. The van der Waals surface area contributed by atoms with E-state index in [1.54, 1.807) is 7.11 Å². The van der Waals surface area contributed by atoms with Crippen LogP contribution in [0.15, 0.2) is 10.8 Å². The normalized spacial score (nSPS) is 16.7. The third kappa shape index (κ3) is 6.10. The van der Waals surface area contributed by atoms with Crippen molar-refractivity contribution in [3.63, 3.8) is 0 Å². The second kappa shape index (κ2) is 11.7. The molecule has 1 aliphatic heterocycles. The summed E-state index contributed by atoms with van der Waals surface area (Å²) in [6.45, 7) is 3.33. The molecule has 1 aliphatic rings. The van der Waals surface area contributed by atoms with Crippen LogP contribution in [0, 0.1) is 0 Å². The van der Waals surface area contributed by atoms with Gasteiger partial charge in [-0.15, -0.1) is 24.8 Å². The average Bonchev–Trinajstić information content (AvgIpc) is 3.11. The van der Waals surface area contributed by atoms with Gasteiger partial charge in [-0.2, -0.15) is 0 Å². The van der Waals surface area contributed by atoms with E-state index in [0.717, 1.165) is 19.4 Å². The van der Waals surface area contributed by atoms with Gasteiger partial charge in [0.25, 0.3) is 5.91 Å². The van der Waals surface area contributed by atoms with E-state index < -0.39 is 0 Å². The van der Waals surface area contributed by atoms with Crippen molar-refractivity contribution in [2.45, 2.75) is 18.9 Å². The molecule has 1 unspecified atom stereocenters. The summed E-state index contributed by atoms with van der Waals surface area (Å²) in [5.74, 6) is 0.310. The lowest BCUT2D eigenvalue weighted by Gasteiger charge is -2.08. The molecule has 0 aliphatic carbocycles. The lowest BCUT2D eigenvalue weighted by molar-refractivity contribution is 0.0861. The van der Waals surface area contributed by atoms with Crippen molar-refractivity contribution in [3.8, 4) is 0 Å². The van der Waals surface area contributed by atoms with Gasteiger partial charge in [0, 0.05) is 33.4 Å². The minimum atomic E-state index is -0.224. The molecule has 7 nitrogen and oxygen atoms in total. The standard InChI is InChI=1S/C13H21N3O4.2ClH/c1-18-8-6-14-4-5-15-13(17)11-12(20-9-16-11)10-3-2-7-19-10;;/h9-10,14H,2-8H2,1H3,(H,15,17);2*1H. The maximum atomic E-state index is 12.0. The molecule has 2 N–H and O–H groups in total. The smallest absolute Gasteiger partial charge is 0.273 e. The first-order valence-electron chi connectivity index (χ1n) is 6.85. The third-order valence-corrected chi connectivity index (χ3v) is 3.10. The number of hydrogen-bond acceptors (Lipinski definition) is 6. The van der Waals surface area contributed by atoms with E-state index in [4.69, 9.17) is 13.9 Å². The van der Waals surface area contributed by atoms with Crippen LogP contribution in [0.4, 0.5) is 0 Å². The molecule has 1 fully saturated rings. The Morgan fingerprint density at radius 2 is 2.23 bits per heavy atom. The van der Waals surface area contributed by atoms with Crippen molar-refractivity contribution >= 4 is 30.7 Å². The van der Waals surface area contributed by atoms with Crippen molar-refractivity contribution < 1.29 is 18.7 Å². The Labute approximate surface area is 142 Å². The Balaban J connectivity index is 0.00000220. The highest BCUT2D eigenvalue weighted by Gasteiger charge is 2.27. The van der Waals surface area contributed by atoms with Gasteiger partial charge in [-0.1, -0.05) is 0 Å². The number of nitrogens with zero attached hydrogens (tertiary/aromatic N) is 1. The van der Waals surface area contributed by atoms with Crippen LogP contribution < -0.4 is 10.6 Å². The highest BCUT2D eigenvalue weighted by molar-refractivity contribution is 5.93. The number of rotatable bonds is 8. The molecule has 1 aromatic rings. The molecule has 1 atom stereocenters. The largest absolute Gasteiger partial charge is 0.445 e. The number of nitrogens with one attached hydrogen (secondary N) is 2. The summed E-state index contributed by atoms with van der Waals surface area (Å²) < 4.78 is 15.7. The number of aromatic nitrogens is 1. The first-order chi connectivity index (χ1) is 9.83. The molecule has 128 valence electrons. The van der Waals surface area contributed by atoms with Crippen LogP contribution in [0.5, 0.6) is 0 Å². The Kier molecular flexibility index (Phi) is 11.2. The molecule has 22 heavy (non-hydrogen) atoms. The fraction of sp³-hybridized carbons (Fsp3) is 0.692. The number of carbonyl (C=O) groups is 1. The zero-order chi connectivity index (χ0) is 14.2. The lowest BCUT2D eigenvalue weighted by Crippen LogP contribution is -2.33. The number of carbonyl (C=O) groups excluding carboxylic acids is 1. The Bertz CT molecular complexity index is 425. The predicted molar refractivity (Wildman–Crippen MR) is 86.0 cm³/mol. The Morgan fingerprint density at radius 3 is 2.91 bits per heavy atom. The average molecular weight is 356 g/mol. The summed E-state index contributed by atoms with van der Waals surface area (Å²) in [6.07, 6.45) is 3.00. The van der Waals surface area contributed by atoms with Gasteiger partial charge in [0.1, 0.15) is 6.10 Å². The number of methoxy groups -OCH3 is 1. The molecular formula is C13H23Cl2N3O4. The molecule has 0 saturated carbocycles.